The van der Waals surface area contributed by atoms with Crippen LogP contribution in [-0.2, 0) is 14.3 Å². The standard InChI is InChI=1S/C19H12N2O3S4/c22-15-16(28-19-21-11-6-2-4-8-14(11)27-19)12(24-17(15)23)9-25-18-20-10-5-1-3-7-13(10)26-18/h1-8,12,16H,9H2. The van der Waals surface area contributed by atoms with E-state index < -0.39 is 23.1 Å². The first-order chi connectivity index (χ1) is 13.7. The third kappa shape index (κ3) is 3.43. The number of hydrogen-bond acceptors (Lipinski definition) is 9. The molecule has 9 heteroatoms. The molecule has 0 bridgehead atoms. The Morgan fingerprint density at radius 3 is 2.18 bits per heavy atom. The van der Waals surface area contributed by atoms with Crippen molar-refractivity contribution in [2.75, 3.05) is 5.75 Å². The maximum atomic E-state index is 12.3. The van der Waals surface area contributed by atoms with Gasteiger partial charge in [-0.1, -0.05) is 47.8 Å². The second-order valence-electron chi connectivity index (χ2n) is 6.05. The Balaban J connectivity index is 1.33. The summed E-state index contributed by atoms with van der Waals surface area (Å²) in [5, 5.41) is -0.574. The van der Waals surface area contributed by atoms with Crippen LogP contribution in [0.4, 0.5) is 0 Å². The van der Waals surface area contributed by atoms with Crippen molar-refractivity contribution in [3.05, 3.63) is 48.5 Å². The monoisotopic (exact) mass is 444 g/mol. The van der Waals surface area contributed by atoms with Gasteiger partial charge in [0.25, 0.3) is 5.78 Å². The van der Waals surface area contributed by atoms with Crippen molar-refractivity contribution >= 4 is 78.4 Å². The van der Waals surface area contributed by atoms with Crippen molar-refractivity contribution < 1.29 is 14.3 Å². The van der Waals surface area contributed by atoms with Crippen LogP contribution in [0.25, 0.3) is 20.4 Å². The van der Waals surface area contributed by atoms with Crippen molar-refractivity contribution in [2.45, 2.75) is 20.0 Å². The van der Waals surface area contributed by atoms with Gasteiger partial charge in [0.2, 0.25) is 0 Å². The van der Waals surface area contributed by atoms with Crippen molar-refractivity contribution in [3.63, 3.8) is 0 Å². The molecule has 2 aromatic heterocycles. The average Bonchev–Trinajstić information content (AvgIpc) is 3.37. The van der Waals surface area contributed by atoms with Gasteiger partial charge in [0.15, 0.2) is 8.68 Å². The van der Waals surface area contributed by atoms with Crippen LogP contribution in [0, 0.1) is 0 Å². The molecular formula is C19H12N2O3S4. The van der Waals surface area contributed by atoms with E-state index in [0.717, 1.165) is 29.1 Å². The number of carbonyl (C=O) groups excluding carboxylic acids is 2. The highest BCUT2D eigenvalue weighted by atomic mass is 32.2. The Morgan fingerprint density at radius 2 is 1.50 bits per heavy atom. The molecule has 1 aliphatic heterocycles. The summed E-state index contributed by atoms with van der Waals surface area (Å²) in [5.41, 5.74) is 1.85. The molecule has 1 aliphatic rings. The maximum absolute atomic E-state index is 12.3. The second-order valence-corrected chi connectivity index (χ2v) is 10.8. The summed E-state index contributed by atoms with van der Waals surface area (Å²) in [4.78, 5) is 33.4. The van der Waals surface area contributed by atoms with Gasteiger partial charge in [-0.25, -0.2) is 14.8 Å². The molecule has 0 saturated carbocycles. The zero-order valence-corrected chi connectivity index (χ0v) is 17.5. The Labute approximate surface area is 176 Å². The van der Waals surface area contributed by atoms with E-state index >= 15 is 0 Å². The number of ketones is 1. The molecule has 0 spiro atoms. The molecule has 5 rings (SSSR count). The van der Waals surface area contributed by atoms with Crippen LogP contribution < -0.4 is 0 Å². The van der Waals surface area contributed by atoms with E-state index in [1.807, 2.05) is 48.5 Å². The van der Waals surface area contributed by atoms with Gasteiger partial charge < -0.3 is 4.74 Å². The molecule has 5 nitrogen and oxygen atoms in total. The smallest absolute Gasteiger partial charge is 0.376 e. The minimum absolute atomic E-state index is 0.486. The SMILES string of the molecule is O=C1OC(CSc2nc3ccccc3s2)C(Sc2nc3ccccc3s2)C1=O. The zero-order chi connectivity index (χ0) is 19.1. The fraction of sp³-hybridized carbons (Fsp3) is 0.158. The minimum Gasteiger partial charge on any atom is -0.454 e. The van der Waals surface area contributed by atoms with Crippen LogP contribution in [-0.4, -0.2) is 38.8 Å². The molecule has 3 heterocycles. The molecule has 1 fully saturated rings. The van der Waals surface area contributed by atoms with Crippen molar-refractivity contribution in [1.82, 2.24) is 9.97 Å². The lowest BCUT2D eigenvalue weighted by Gasteiger charge is -2.13. The molecular weight excluding hydrogens is 432 g/mol. The number of aromatic nitrogens is 2. The number of thioether (sulfide) groups is 2. The van der Waals surface area contributed by atoms with Gasteiger partial charge >= 0.3 is 5.97 Å². The van der Waals surface area contributed by atoms with Crippen LogP contribution in [0.15, 0.2) is 57.2 Å². The number of fused-ring (bicyclic) bond motifs is 2. The minimum atomic E-state index is -0.756. The van der Waals surface area contributed by atoms with Gasteiger partial charge in [0, 0.05) is 5.75 Å². The normalized spacial score (nSPS) is 19.6. The zero-order valence-electron chi connectivity index (χ0n) is 14.2. The van der Waals surface area contributed by atoms with Crippen LogP contribution in [0.1, 0.15) is 0 Å². The topological polar surface area (TPSA) is 69.2 Å². The average molecular weight is 445 g/mol. The van der Waals surface area contributed by atoms with Crippen LogP contribution in [0.2, 0.25) is 0 Å². The van der Waals surface area contributed by atoms with Gasteiger partial charge in [-0.3, -0.25) is 4.79 Å². The lowest BCUT2D eigenvalue weighted by molar-refractivity contribution is -0.148. The van der Waals surface area contributed by atoms with Gasteiger partial charge in [-0.05, 0) is 24.3 Å². The predicted octanol–water partition coefficient (Wildman–Crippen LogP) is 4.65. The van der Waals surface area contributed by atoms with E-state index in [0.29, 0.717) is 5.75 Å². The van der Waals surface area contributed by atoms with E-state index in [1.165, 1.54) is 34.9 Å². The fourth-order valence-electron chi connectivity index (χ4n) is 2.87. The summed E-state index contributed by atoms with van der Waals surface area (Å²) in [6.07, 6.45) is -0.492. The summed E-state index contributed by atoms with van der Waals surface area (Å²) in [7, 11) is 0. The van der Waals surface area contributed by atoms with Gasteiger partial charge in [-0.2, -0.15) is 0 Å². The number of carbonyl (C=O) groups is 2. The summed E-state index contributed by atoms with van der Waals surface area (Å²) in [6, 6.07) is 15.8. The highest BCUT2D eigenvalue weighted by molar-refractivity contribution is 8.03. The highest BCUT2D eigenvalue weighted by Gasteiger charge is 2.44. The Bertz CT molecular complexity index is 1140. The van der Waals surface area contributed by atoms with E-state index in [9.17, 15) is 9.59 Å². The predicted molar refractivity (Wildman–Crippen MR) is 114 cm³/mol. The first-order valence-corrected chi connectivity index (χ1v) is 11.9. The Morgan fingerprint density at radius 1 is 0.893 bits per heavy atom. The number of thiazole rings is 2. The van der Waals surface area contributed by atoms with Crippen molar-refractivity contribution in [2.24, 2.45) is 0 Å². The molecule has 140 valence electrons. The number of Topliss-reactive ketones (excluding diaryl/α,β-unsaturated/α-hetero) is 1. The first-order valence-electron chi connectivity index (χ1n) is 8.43. The molecule has 1 saturated heterocycles. The number of hydrogen-bond donors (Lipinski definition) is 0. The molecule has 4 aromatic rings. The molecule has 0 radical (unpaired) electrons. The van der Waals surface area contributed by atoms with E-state index in [2.05, 4.69) is 9.97 Å². The lowest BCUT2D eigenvalue weighted by atomic mass is 10.2. The molecule has 28 heavy (non-hydrogen) atoms. The highest BCUT2D eigenvalue weighted by Crippen LogP contribution is 2.38. The largest absolute Gasteiger partial charge is 0.454 e. The summed E-state index contributed by atoms with van der Waals surface area (Å²) in [5.74, 6) is -0.757. The molecule has 2 atom stereocenters. The van der Waals surface area contributed by atoms with Crippen molar-refractivity contribution in [3.8, 4) is 0 Å². The van der Waals surface area contributed by atoms with E-state index in [1.54, 1.807) is 11.3 Å². The number of cyclic esters (lactones) is 1. The van der Waals surface area contributed by atoms with Crippen molar-refractivity contribution in [1.29, 1.82) is 0 Å². The van der Waals surface area contributed by atoms with Gasteiger partial charge in [0.05, 0.1) is 20.4 Å². The summed E-state index contributed by atoms with van der Waals surface area (Å²) >= 11 is 5.96. The second kappa shape index (κ2) is 7.47. The molecule has 0 N–H and O–H groups in total. The van der Waals surface area contributed by atoms with Gasteiger partial charge in [-0.15, -0.1) is 22.7 Å². The molecule has 2 unspecified atom stereocenters. The number of esters is 1. The van der Waals surface area contributed by atoms with Crippen LogP contribution >= 0.6 is 46.2 Å². The summed E-state index contributed by atoms with van der Waals surface area (Å²) in [6.45, 7) is 0. The van der Waals surface area contributed by atoms with E-state index in [4.69, 9.17) is 4.74 Å². The van der Waals surface area contributed by atoms with Gasteiger partial charge in [0.1, 0.15) is 11.4 Å². The third-order valence-corrected chi connectivity index (χ3v) is 8.91. The molecule has 0 amide bonds. The van der Waals surface area contributed by atoms with Crippen LogP contribution in [0.5, 0.6) is 0 Å². The third-order valence-electron chi connectivity index (χ3n) is 4.20. The Hall–Kier alpha value is -1.94. The maximum Gasteiger partial charge on any atom is 0.376 e. The first kappa shape index (κ1) is 18.1. The number of para-hydroxylation sites is 2. The summed E-state index contributed by atoms with van der Waals surface area (Å²) < 4.78 is 9.20. The fourth-order valence-corrected chi connectivity index (χ4v) is 7.47. The van der Waals surface area contributed by atoms with Crippen LogP contribution in [0.3, 0.4) is 0 Å². The Kier molecular flexibility index (Phi) is 4.83. The van der Waals surface area contributed by atoms with E-state index in [-0.39, 0.29) is 0 Å². The number of nitrogens with zero attached hydrogens (tertiary/aromatic N) is 2. The molecule has 0 aliphatic carbocycles. The lowest BCUT2D eigenvalue weighted by Crippen LogP contribution is -2.25. The number of benzene rings is 2. The number of ether oxygens (including phenoxy) is 1. The number of rotatable bonds is 5. The molecule has 2 aromatic carbocycles. The quantitative estimate of drug-likeness (QED) is 0.252.